The third-order valence-electron chi connectivity index (χ3n) is 5.62. The Bertz CT molecular complexity index is 679. The molecule has 1 fully saturated rings. The second-order valence-electron chi connectivity index (χ2n) is 7.37. The quantitative estimate of drug-likeness (QED) is 0.798. The maximum absolute atomic E-state index is 6.19. The molecule has 0 aliphatic heterocycles. The van der Waals surface area contributed by atoms with Crippen molar-refractivity contribution in [1.82, 2.24) is 19.3 Å². The zero-order chi connectivity index (χ0) is 15.6. The molecule has 116 valence electrons. The third kappa shape index (κ3) is 1.81. The molecule has 1 aliphatic rings. The smallest absolute Gasteiger partial charge is 0.159 e. The average Bonchev–Trinajstić information content (AvgIpc) is 2.75. The second kappa shape index (κ2) is 4.48. The molecule has 0 N–H and O–H groups in total. The van der Waals surface area contributed by atoms with Crippen LogP contribution in [0.25, 0.3) is 11.2 Å². The molecular formula is C16H25ClN4. The molecular weight excluding hydrogens is 284 g/mol. The highest BCUT2D eigenvalue weighted by Gasteiger charge is 2.66. The van der Waals surface area contributed by atoms with E-state index < -0.39 is 0 Å². The summed E-state index contributed by atoms with van der Waals surface area (Å²) in [6.45, 7) is 11.5. The number of imidazole rings is 1. The summed E-state index contributed by atoms with van der Waals surface area (Å²) in [5, 5.41) is 4.67. The summed E-state index contributed by atoms with van der Waals surface area (Å²) in [6.07, 6.45) is 2.04. The minimum Gasteiger partial charge on any atom is -0.308 e. The van der Waals surface area contributed by atoms with Crippen molar-refractivity contribution >= 4 is 22.8 Å². The molecule has 2 aromatic heterocycles. The molecule has 0 amide bonds. The number of fused-ring (bicyclic) bond motifs is 1. The first kappa shape index (κ1) is 14.9. The van der Waals surface area contributed by atoms with Gasteiger partial charge in [0, 0.05) is 13.1 Å². The molecule has 0 aromatic carbocycles. The number of halogens is 1. The summed E-state index contributed by atoms with van der Waals surface area (Å²) in [5.74, 6) is 1.42. The van der Waals surface area contributed by atoms with E-state index in [0.29, 0.717) is 11.9 Å². The fraction of sp³-hybridized carbons (Fsp3) is 0.750. The van der Waals surface area contributed by atoms with Crippen molar-refractivity contribution < 1.29 is 0 Å². The van der Waals surface area contributed by atoms with E-state index in [9.17, 15) is 0 Å². The third-order valence-corrected chi connectivity index (χ3v) is 5.86. The number of hydrogen-bond donors (Lipinski definition) is 0. The number of hydrogen-bond acceptors (Lipinski definition) is 2. The molecule has 0 atom stereocenters. The van der Waals surface area contributed by atoms with Gasteiger partial charge in [-0.05, 0) is 17.3 Å². The van der Waals surface area contributed by atoms with Crippen LogP contribution in [0.5, 0.6) is 0 Å². The Kier molecular flexibility index (Phi) is 3.18. The van der Waals surface area contributed by atoms with Gasteiger partial charge < -0.3 is 4.57 Å². The summed E-state index contributed by atoms with van der Waals surface area (Å²) in [5.41, 5.74) is 3.75. The minimum absolute atomic E-state index is 0.247. The summed E-state index contributed by atoms with van der Waals surface area (Å²) < 4.78 is 4.32. The van der Waals surface area contributed by atoms with Gasteiger partial charge in [-0.1, -0.05) is 41.0 Å². The Hall–Kier alpha value is -1.03. The van der Waals surface area contributed by atoms with E-state index >= 15 is 0 Å². The summed E-state index contributed by atoms with van der Waals surface area (Å²) in [4.78, 5) is 4.81. The summed E-state index contributed by atoms with van der Waals surface area (Å²) in [6, 6.07) is 0.425. The number of aryl methyl sites for hydroxylation is 2. The van der Waals surface area contributed by atoms with Crippen LogP contribution in [0.1, 0.15) is 58.6 Å². The molecule has 1 saturated carbocycles. The Morgan fingerprint density at radius 3 is 2.29 bits per heavy atom. The van der Waals surface area contributed by atoms with Crippen LogP contribution in [-0.4, -0.2) is 19.3 Å². The lowest BCUT2D eigenvalue weighted by atomic mass is 10.0. The van der Waals surface area contributed by atoms with Crippen molar-refractivity contribution in [3.8, 4) is 0 Å². The van der Waals surface area contributed by atoms with Crippen LogP contribution in [0.4, 0.5) is 0 Å². The highest BCUT2D eigenvalue weighted by Crippen LogP contribution is 2.72. The molecule has 0 radical (unpaired) electrons. The van der Waals surface area contributed by atoms with Crippen LogP contribution in [0.3, 0.4) is 0 Å². The molecule has 3 rings (SSSR count). The monoisotopic (exact) mass is 308 g/mol. The zero-order valence-electron chi connectivity index (χ0n) is 13.9. The molecule has 21 heavy (non-hydrogen) atoms. The topological polar surface area (TPSA) is 35.6 Å². The molecule has 0 unspecified atom stereocenters. The van der Waals surface area contributed by atoms with E-state index in [4.69, 9.17) is 16.6 Å². The Labute approximate surface area is 131 Å². The molecule has 5 heteroatoms. The summed E-state index contributed by atoms with van der Waals surface area (Å²) in [7, 11) is 2.01. The van der Waals surface area contributed by atoms with E-state index in [2.05, 4.69) is 44.3 Å². The normalized spacial score (nSPS) is 20.3. The molecule has 2 heterocycles. The van der Waals surface area contributed by atoms with Crippen LogP contribution in [0.15, 0.2) is 0 Å². The SMILES string of the molecule is CCCc1nn(C)c2c1nc(CCl)n2C1C(C)(C)C1(C)C. The zero-order valence-corrected chi connectivity index (χ0v) is 14.6. The number of alkyl halides is 1. The van der Waals surface area contributed by atoms with Crippen molar-refractivity contribution in [1.29, 1.82) is 0 Å². The van der Waals surface area contributed by atoms with Gasteiger partial charge in [0.15, 0.2) is 5.65 Å². The molecule has 4 nitrogen and oxygen atoms in total. The molecule has 1 aliphatic carbocycles. The largest absolute Gasteiger partial charge is 0.308 e. The highest BCUT2D eigenvalue weighted by molar-refractivity contribution is 6.16. The van der Waals surface area contributed by atoms with Crippen LogP contribution in [0.2, 0.25) is 0 Å². The Morgan fingerprint density at radius 1 is 1.19 bits per heavy atom. The van der Waals surface area contributed by atoms with Crippen molar-refractivity contribution in [3.63, 3.8) is 0 Å². The molecule has 0 spiro atoms. The molecule has 0 bridgehead atoms. The van der Waals surface area contributed by atoms with Crippen LogP contribution >= 0.6 is 11.6 Å². The summed E-state index contributed by atoms with van der Waals surface area (Å²) >= 11 is 6.19. The lowest BCUT2D eigenvalue weighted by Crippen LogP contribution is -2.08. The maximum atomic E-state index is 6.19. The van der Waals surface area contributed by atoms with Crippen molar-refractivity contribution in [2.45, 2.75) is 59.4 Å². The van der Waals surface area contributed by atoms with Gasteiger partial charge in [0.05, 0.1) is 11.6 Å². The van der Waals surface area contributed by atoms with Crippen LogP contribution in [0, 0.1) is 10.8 Å². The van der Waals surface area contributed by atoms with Gasteiger partial charge in [-0.3, -0.25) is 4.68 Å². The van der Waals surface area contributed by atoms with E-state index in [1.807, 2.05) is 11.7 Å². The average molecular weight is 309 g/mol. The van der Waals surface area contributed by atoms with Gasteiger partial charge in [-0.2, -0.15) is 5.10 Å². The first-order chi connectivity index (χ1) is 9.77. The van der Waals surface area contributed by atoms with E-state index in [0.717, 1.165) is 35.5 Å². The van der Waals surface area contributed by atoms with Gasteiger partial charge in [-0.15, -0.1) is 11.6 Å². The predicted molar refractivity (Wildman–Crippen MR) is 86.7 cm³/mol. The lowest BCUT2D eigenvalue weighted by molar-refractivity contribution is 0.457. The Balaban J connectivity index is 2.23. The fourth-order valence-electron chi connectivity index (χ4n) is 3.83. The van der Waals surface area contributed by atoms with Crippen molar-refractivity contribution in [3.05, 3.63) is 11.5 Å². The maximum Gasteiger partial charge on any atom is 0.159 e. The van der Waals surface area contributed by atoms with Gasteiger partial charge in [0.2, 0.25) is 0 Å². The predicted octanol–water partition coefficient (Wildman–Crippen LogP) is 4.07. The van der Waals surface area contributed by atoms with E-state index in [1.165, 1.54) is 0 Å². The number of rotatable bonds is 4. The first-order valence-corrected chi connectivity index (χ1v) is 8.29. The van der Waals surface area contributed by atoms with Crippen molar-refractivity contribution in [2.75, 3.05) is 0 Å². The molecule has 2 aromatic rings. The van der Waals surface area contributed by atoms with E-state index in [-0.39, 0.29) is 10.8 Å². The first-order valence-electron chi connectivity index (χ1n) is 7.76. The van der Waals surface area contributed by atoms with Crippen molar-refractivity contribution in [2.24, 2.45) is 17.9 Å². The number of nitrogens with zero attached hydrogens (tertiary/aromatic N) is 4. The second-order valence-corrected chi connectivity index (χ2v) is 7.64. The standard InChI is InChI=1S/C16H25ClN4/c1-7-8-10-12-13(20(6)19-10)21(11(9-17)18-12)14-15(2,3)16(14,4)5/h14H,7-9H2,1-6H3. The van der Waals surface area contributed by atoms with Gasteiger partial charge >= 0.3 is 0 Å². The Morgan fingerprint density at radius 2 is 1.81 bits per heavy atom. The molecule has 0 saturated heterocycles. The van der Waals surface area contributed by atoms with Gasteiger partial charge in [-0.25, -0.2) is 4.98 Å². The van der Waals surface area contributed by atoms with E-state index in [1.54, 1.807) is 0 Å². The van der Waals surface area contributed by atoms with Gasteiger partial charge in [0.1, 0.15) is 11.3 Å². The number of aromatic nitrogens is 4. The highest BCUT2D eigenvalue weighted by atomic mass is 35.5. The van der Waals surface area contributed by atoms with Crippen LogP contribution < -0.4 is 0 Å². The fourth-order valence-corrected chi connectivity index (χ4v) is 4.01. The van der Waals surface area contributed by atoms with Gasteiger partial charge in [0.25, 0.3) is 0 Å². The van der Waals surface area contributed by atoms with Crippen LogP contribution in [-0.2, 0) is 19.3 Å². The minimum atomic E-state index is 0.247. The lowest BCUT2D eigenvalue weighted by Gasteiger charge is -2.10.